The van der Waals surface area contributed by atoms with Gasteiger partial charge in [0, 0.05) is 13.6 Å². The van der Waals surface area contributed by atoms with E-state index in [1.807, 2.05) is 7.05 Å². The summed E-state index contributed by atoms with van der Waals surface area (Å²) in [7, 11) is -0.464. The normalized spacial score (nSPS) is 11.4. The highest BCUT2D eigenvalue weighted by molar-refractivity contribution is 7.92. The van der Waals surface area contributed by atoms with Crippen molar-refractivity contribution in [3.63, 3.8) is 0 Å². The van der Waals surface area contributed by atoms with Gasteiger partial charge < -0.3 is 5.32 Å². The fourth-order valence-corrected chi connectivity index (χ4v) is 3.14. The Morgan fingerprint density at radius 3 is 2.38 bits per heavy atom. The van der Waals surface area contributed by atoms with Gasteiger partial charge >= 0.3 is 0 Å². The summed E-state index contributed by atoms with van der Waals surface area (Å²) in [6.07, 6.45) is 0. The minimum atomic E-state index is -3.69. The molecule has 0 aromatic heterocycles. The van der Waals surface area contributed by atoms with Gasteiger partial charge in [-0.1, -0.05) is 18.2 Å². The van der Waals surface area contributed by atoms with E-state index >= 15 is 0 Å². The second kappa shape index (κ2) is 6.24. The summed E-state index contributed by atoms with van der Waals surface area (Å²) in [5, 5.41) is 3.00. The van der Waals surface area contributed by atoms with Gasteiger partial charge in [0.05, 0.1) is 10.6 Å². The average Bonchev–Trinajstić information content (AvgIpc) is 2.47. The van der Waals surface area contributed by atoms with E-state index in [4.69, 9.17) is 0 Å². The monoisotopic (exact) mass is 308 g/mol. The molecule has 0 amide bonds. The minimum Gasteiger partial charge on any atom is -0.316 e. The van der Waals surface area contributed by atoms with Crippen molar-refractivity contribution < 1.29 is 12.8 Å². The molecule has 0 heterocycles. The molecule has 0 aliphatic carbocycles. The molecule has 1 N–H and O–H groups in total. The van der Waals surface area contributed by atoms with Crippen molar-refractivity contribution >= 4 is 15.7 Å². The van der Waals surface area contributed by atoms with E-state index in [2.05, 4.69) is 5.32 Å². The molecule has 0 spiro atoms. The second-order valence-electron chi connectivity index (χ2n) is 4.63. The molecule has 2 rings (SSSR count). The largest absolute Gasteiger partial charge is 0.316 e. The molecule has 4 nitrogen and oxygen atoms in total. The Balaban J connectivity index is 2.32. The molecule has 0 bridgehead atoms. The number of nitrogens with one attached hydrogen (secondary N) is 1. The SMILES string of the molecule is CNCc1ccc(S(=O)(=O)N(C)c2cccc(F)c2)cc1. The summed E-state index contributed by atoms with van der Waals surface area (Å²) < 4.78 is 39.3. The molecule has 112 valence electrons. The molecule has 0 radical (unpaired) electrons. The molecule has 2 aromatic rings. The van der Waals surface area contributed by atoms with E-state index in [0.29, 0.717) is 6.54 Å². The molecule has 0 saturated carbocycles. The minimum absolute atomic E-state index is 0.175. The van der Waals surface area contributed by atoms with E-state index in [1.165, 1.54) is 25.2 Å². The smallest absolute Gasteiger partial charge is 0.264 e. The number of anilines is 1. The first-order valence-electron chi connectivity index (χ1n) is 6.43. The van der Waals surface area contributed by atoms with Gasteiger partial charge in [0.15, 0.2) is 0 Å². The Morgan fingerprint density at radius 1 is 1.14 bits per heavy atom. The van der Waals surface area contributed by atoms with Crippen molar-refractivity contribution in [3.8, 4) is 0 Å². The Bertz CT molecular complexity index is 715. The van der Waals surface area contributed by atoms with Gasteiger partial charge in [-0.05, 0) is 42.9 Å². The first-order chi connectivity index (χ1) is 9.95. The number of nitrogens with zero attached hydrogens (tertiary/aromatic N) is 1. The van der Waals surface area contributed by atoms with Crippen LogP contribution in [0.15, 0.2) is 53.4 Å². The summed E-state index contributed by atoms with van der Waals surface area (Å²) in [5.74, 6) is -0.473. The first-order valence-corrected chi connectivity index (χ1v) is 7.87. The van der Waals surface area contributed by atoms with Crippen molar-refractivity contribution in [3.05, 3.63) is 59.9 Å². The van der Waals surface area contributed by atoms with Crippen molar-refractivity contribution in [2.24, 2.45) is 0 Å². The van der Waals surface area contributed by atoms with Crippen LogP contribution in [0.2, 0.25) is 0 Å². The molecule has 0 atom stereocenters. The molecule has 0 saturated heterocycles. The van der Waals surface area contributed by atoms with Gasteiger partial charge in [0.2, 0.25) is 0 Å². The van der Waals surface area contributed by atoms with Crippen LogP contribution in [0.4, 0.5) is 10.1 Å². The van der Waals surface area contributed by atoms with Crippen LogP contribution in [0.1, 0.15) is 5.56 Å². The maximum Gasteiger partial charge on any atom is 0.264 e. The van der Waals surface area contributed by atoms with Crippen LogP contribution in [-0.4, -0.2) is 22.5 Å². The first kappa shape index (κ1) is 15.5. The summed E-state index contributed by atoms with van der Waals surface area (Å²) in [6.45, 7) is 0.667. The number of benzene rings is 2. The number of sulfonamides is 1. The molecule has 6 heteroatoms. The third-order valence-corrected chi connectivity index (χ3v) is 4.93. The zero-order valence-electron chi connectivity index (χ0n) is 11.9. The number of halogens is 1. The van der Waals surface area contributed by atoms with Gasteiger partial charge in [-0.3, -0.25) is 4.31 Å². The van der Waals surface area contributed by atoms with Crippen LogP contribution in [0, 0.1) is 5.82 Å². The van der Waals surface area contributed by atoms with Crippen LogP contribution >= 0.6 is 0 Å². The van der Waals surface area contributed by atoms with Gasteiger partial charge in [-0.15, -0.1) is 0 Å². The lowest BCUT2D eigenvalue weighted by Gasteiger charge is -2.19. The zero-order chi connectivity index (χ0) is 15.5. The molecule has 21 heavy (non-hydrogen) atoms. The summed E-state index contributed by atoms with van der Waals surface area (Å²) in [5.41, 5.74) is 1.28. The van der Waals surface area contributed by atoms with E-state index in [9.17, 15) is 12.8 Å². The fourth-order valence-electron chi connectivity index (χ4n) is 1.95. The van der Waals surface area contributed by atoms with Gasteiger partial charge in [-0.2, -0.15) is 0 Å². The predicted molar refractivity (Wildman–Crippen MR) is 81.2 cm³/mol. The maximum absolute atomic E-state index is 13.2. The summed E-state index contributed by atoms with van der Waals surface area (Å²) in [4.78, 5) is 0.175. The van der Waals surface area contributed by atoms with Crippen molar-refractivity contribution in [2.45, 2.75) is 11.4 Å². The van der Waals surface area contributed by atoms with Crippen LogP contribution in [0.3, 0.4) is 0 Å². The van der Waals surface area contributed by atoms with Gasteiger partial charge in [0.1, 0.15) is 5.82 Å². The van der Waals surface area contributed by atoms with E-state index < -0.39 is 15.8 Å². The van der Waals surface area contributed by atoms with Crippen molar-refractivity contribution in [2.75, 3.05) is 18.4 Å². The lowest BCUT2D eigenvalue weighted by molar-refractivity contribution is 0.594. The highest BCUT2D eigenvalue weighted by Crippen LogP contribution is 2.22. The summed E-state index contributed by atoms with van der Waals surface area (Å²) in [6, 6.07) is 12.1. The van der Waals surface area contributed by atoms with Gasteiger partial charge in [-0.25, -0.2) is 12.8 Å². The molecular formula is C15H17FN2O2S. The molecule has 0 aliphatic heterocycles. The third kappa shape index (κ3) is 3.40. The third-order valence-electron chi connectivity index (χ3n) is 3.13. The Hall–Kier alpha value is -1.92. The van der Waals surface area contributed by atoms with E-state index in [0.717, 1.165) is 9.87 Å². The van der Waals surface area contributed by atoms with Crippen molar-refractivity contribution in [1.29, 1.82) is 0 Å². The summed E-state index contributed by atoms with van der Waals surface area (Å²) >= 11 is 0. The lowest BCUT2D eigenvalue weighted by Crippen LogP contribution is -2.26. The quantitative estimate of drug-likeness (QED) is 0.922. The standard InChI is InChI=1S/C15H17FN2O2S/c1-17-11-12-6-8-15(9-7-12)21(19,20)18(2)14-5-3-4-13(16)10-14/h3-10,17H,11H2,1-2H3. The van der Waals surface area contributed by atoms with Crippen LogP contribution in [0.5, 0.6) is 0 Å². The van der Waals surface area contributed by atoms with Crippen molar-refractivity contribution in [1.82, 2.24) is 5.32 Å². The Morgan fingerprint density at radius 2 is 1.81 bits per heavy atom. The average molecular weight is 308 g/mol. The molecule has 2 aromatic carbocycles. The molecule has 0 aliphatic rings. The molecule has 0 fully saturated rings. The van der Waals surface area contributed by atoms with E-state index in [-0.39, 0.29) is 10.6 Å². The molecule has 0 unspecified atom stereocenters. The predicted octanol–water partition coefficient (Wildman–Crippen LogP) is 2.37. The highest BCUT2D eigenvalue weighted by Gasteiger charge is 2.21. The number of hydrogen-bond acceptors (Lipinski definition) is 3. The molecular weight excluding hydrogens is 291 g/mol. The number of rotatable bonds is 5. The van der Waals surface area contributed by atoms with Gasteiger partial charge in [0.25, 0.3) is 10.0 Å². The Labute approximate surface area is 124 Å². The van der Waals surface area contributed by atoms with E-state index in [1.54, 1.807) is 30.3 Å². The zero-order valence-corrected chi connectivity index (χ0v) is 12.7. The highest BCUT2D eigenvalue weighted by atomic mass is 32.2. The van der Waals surface area contributed by atoms with Crippen LogP contribution in [0.25, 0.3) is 0 Å². The number of hydrogen-bond donors (Lipinski definition) is 1. The topological polar surface area (TPSA) is 49.4 Å². The Kier molecular flexibility index (Phi) is 4.59. The lowest BCUT2D eigenvalue weighted by atomic mass is 10.2. The van der Waals surface area contributed by atoms with Crippen LogP contribution < -0.4 is 9.62 Å². The maximum atomic E-state index is 13.2. The fraction of sp³-hybridized carbons (Fsp3) is 0.200. The second-order valence-corrected chi connectivity index (χ2v) is 6.60. The van der Waals surface area contributed by atoms with Crippen LogP contribution in [-0.2, 0) is 16.6 Å².